The summed E-state index contributed by atoms with van der Waals surface area (Å²) in [6, 6.07) is 28.4. The quantitative estimate of drug-likeness (QED) is 0.227. The summed E-state index contributed by atoms with van der Waals surface area (Å²) in [5, 5.41) is 12.8. The van der Waals surface area contributed by atoms with Crippen LogP contribution in [0, 0.1) is 5.92 Å². The second-order valence-electron chi connectivity index (χ2n) is 10.2. The molecule has 42 heavy (non-hydrogen) atoms. The van der Waals surface area contributed by atoms with Crippen LogP contribution in [0.15, 0.2) is 103 Å². The van der Waals surface area contributed by atoms with Crippen LogP contribution in [0.25, 0.3) is 11.1 Å². The number of rotatable bonds is 7. The smallest absolute Gasteiger partial charge is 0.416 e. The van der Waals surface area contributed by atoms with Crippen molar-refractivity contribution < 1.29 is 27.9 Å². The first-order valence-corrected chi connectivity index (χ1v) is 13.4. The number of halogens is 4. The summed E-state index contributed by atoms with van der Waals surface area (Å²) in [5.41, 5.74) is 3.06. The van der Waals surface area contributed by atoms with Crippen molar-refractivity contribution in [1.82, 2.24) is 0 Å². The number of carboxylic acids is 1. The molecule has 1 heterocycles. The van der Waals surface area contributed by atoms with Gasteiger partial charge in [-0.3, -0.25) is 9.59 Å². The lowest BCUT2D eigenvalue weighted by Crippen LogP contribution is -2.37. The van der Waals surface area contributed by atoms with Crippen molar-refractivity contribution in [1.29, 1.82) is 0 Å². The first kappa shape index (κ1) is 30.7. The van der Waals surface area contributed by atoms with Gasteiger partial charge in [0.05, 0.1) is 11.5 Å². The number of carbonyl (C=O) groups is 2. The van der Waals surface area contributed by atoms with Crippen LogP contribution < -0.4 is 10.2 Å². The number of nitrogens with zero attached hydrogens (tertiary/aromatic N) is 1. The van der Waals surface area contributed by atoms with Gasteiger partial charge in [0.15, 0.2) is 0 Å². The van der Waals surface area contributed by atoms with Gasteiger partial charge in [0.1, 0.15) is 0 Å². The van der Waals surface area contributed by atoms with Crippen LogP contribution in [0.3, 0.4) is 0 Å². The van der Waals surface area contributed by atoms with Crippen molar-refractivity contribution in [2.45, 2.75) is 24.9 Å². The molecule has 5 rings (SSSR count). The molecule has 1 amide bonds. The number of nitrogens with one attached hydrogen (secondary N) is 1. The number of piperidine rings is 1. The molecule has 0 aromatic heterocycles. The average Bonchev–Trinajstić information content (AvgIpc) is 2.98. The van der Waals surface area contributed by atoms with Gasteiger partial charge in [0, 0.05) is 30.0 Å². The van der Waals surface area contributed by atoms with Gasteiger partial charge in [0.2, 0.25) is 0 Å². The lowest BCUT2D eigenvalue weighted by Gasteiger charge is -2.36. The number of benzene rings is 4. The third-order valence-electron chi connectivity index (χ3n) is 7.62. The minimum absolute atomic E-state index is 0. The zero-order chi connectivity index (χ0) is 29.0. The Kier molecular flexibility index (Phi) is 9.58. The van der Waals surface area contributed by atoms with Gasteiger partial charge in [-0.05, 0) is 77.9 Å². The van der Waals surface area contributed by atoms with Gasteiger partial charge in [-0.2, -0.15) is 13.2 Å². The number of aliphatic carboxylic acids is 1. The highest BCUT2D eigenvalue weighted by molar-refractivity contribution is 6.08. The van der Waals surface area contributed by atoms with E-state index in [-0.39, 0.29) is 24.2 Å². The number of anilines is 2. The summed E-state index contributed by atoms with van der Waals surface area (Å²) in [6.45, 7) is 1.46. The Labute approximate surface area is 248 Å². The van der Waals surface area contributed by atoms with Crippen molar-refractivity contribution in [3.8, 4) is 11.1 Å². The molecule has 0 aliphatic carbocycles. The van der Waals surface area contributed by atoms with Crippen molar-refractivity contribution in [2.75, 3.05) is 23.3 Å². The van der Waals surface area contributed by atoms with Crippen molar-refractivity contribution in [2.24, 2.45) is 5.92 Å². The van der Waals surface area contributed by atoms with Crippen LogP contribution in [0.1, 0.15) is 40.2 Å². The fourth-order valence-corrected chi connectivity index (χ4v) is 5.49. The molecule has 0 bridgehead atoms. The molecule has 1 aliphatic rings. The van der Waals surface area contributed by atoms with E-state index in [2.05, 4.69) is 10.2 Å². The minimum atomic E-state index is -4.43. The molecule has 0 radical (unpaired) electrons. The van der Waals surface area contributed by atoms with E-state index >= 15 is 0 Å². The summed E-state index contributed by atoms with van der Waals surface area (Å²) in [7, 11) is 0. The zero-order valence-corrected chi connectivity index (χ0v) is 23.4. The molecule has 0 unspecified atom stereocenters. The third-order valence-corrected chi connectivity index (χ3v) is 7.62. The van der Waals surface area contributed by atoms with Crippen LogP contribution in [0.5, 0.6) is 0 Å². The summed E-state index contributed by atoms with van der Waals surface area (Å²) in [6.07, 6.45) is -2.92. The largest absolute Gasteiger partial charge is 0.481 e. The van der Waals surface area contributed by atoms with Crippen molar-refractivity contribution >= 4 is 35.7 Å². The summed E-state index contributed by atoms with van der Waals surface area (Å²) < 4.78 is 38.9. The number of carboxylic acid groups (broad SMARTS) is 1. The highest BCUT2D eigenvalue weighted by atomic mass is 35.5. The number of hydrogen-bond acceptors (Lipinski definition) is 3. The standard InChI is InChI=1S/C33H29F3N2O3.ClH/c34-33(35,36)25-12-10-22(11-13-25)28-8-4-5-9-29(28)31(39)37-26-14-16-27(17-15-26)38-20-18-24(19-21-38)30(32(40)41)23-6-2-1-3-7-23;/h1-17,24,30H,18-21H2,(H,37,39)(H,40,41);1H/t30-;/m0./s1. The molecule has 0 spiro atoms. The molecule has 218 valence electrons. The molecule has 0 saturated carbocycles. The van der Waals surface area contributed by atoms with Crippen LogP contribution in [-0.4, -0.2) is 30.1 Å². The van der Waals surface area contributed by atoms with Gasteiger partial charge in [-0.25, -0.2) is 0 Å². The molecule has 5 nitrogen and oxygen atoms in total. The van der Waals surface area contributed by atoms with E-state index in [0.717, 1.165) is 49.3 Å². The second kappa shape index (κ2) is 13.1. The Balaban J connectivity index is 0.00000405. The summed E-state index contributed by atoms with van der Waals surface area (Å²) in [5.74, 6) is -1.64. The molecule has 9 heteroatoms. The lowest BCUT2D eigenvalue weighted by atomic mass is 9.80. The predicted molar refractivity (Wildman–Crippen MR) is 160 cm³/mol. The van der Waals surface area contributed by atoms with E-state index in [1.807, 2.05) is 54.6 Å². The molecule has 1 saturated heterocycles. The van der Waals surface area contributed by atoms with Gasteiger partial charge in [0.25, 0.3) is 5.91 Å². The predicted octanol–water partition coefficient (Wildman–Crippen LogP) is 8.13. The van der Waals surface area contributed by atoms with E-state index in [1.54, 1.807) is 24.3 Å². The third kappa shape index (κ3) is 6.94. The Morgan fingerprint density at radius 2 is 1.40 bits per heavy atom. The number of carbonyl (C=O) groups excluding carboxylic acids is 1. The van der Waals surface area contributed by atoms with E-state index in [1.165, 1.54) is 12.1 Å². The Hall–Kier alpha value is -4.30. The first-order chi connectivity index (χ1) is 19.7. The second-order valence-corrected chi connectivity index (χ2v) is 10.2. The maximum Gasteiger partial charge on any atom is 0.416 e. The SMILES string of the molecule is Cl.O=C(Nc1ccc(N2CCC([C@@H](C(=O)O)c3ccccc3)CC2)cc1)c1ccccc1-c1ccc(C(F)(F)F)cc1. The van der Waals surface area contributed by atoms with E-state index < -0.39 is 23.6 Å². The Bertz CT molecular complexity index is 1500. The van der Waals surface area contributed by atoms with Crippen molar-refractivity contribution in [3.63, 3.8) is 0 Å². The normalized spacial score (nSPS) is 14.5. The van der Waals surface area contributed by atoms with E-state index in [9.17, 15) is 27.9 Å². The summed E-state index contributed by atoms with van der Waals surface area (Å²) in [4.78, 5) is 27.4. The number of amides is 1. The molecule has 4 aromatic carbocycles. The highest BCUT2D eigenvalue weighted by Crippen LogP contribution is 2.35. The zero-order valence-electron chi connectivity index (χ0n) is 22.6. The molecule has 4 aromatic rings. The minimum Gasteiger partial charge on any atom is -0.481 e. The van der Waals surface area contributed by atoms with Crippen LogP contribution in [0.4, 0.5) is 24.5 Å². The van der Waals surface area contributed by atoms with E-state index in [4.69, 9.17) is 0 Å². The van der Waals surface area contributed by atoms with Gasteiger partial charge in [-0.15, -0.1) is 12.4 Å². The van der Waals surface area contributed by atoms with Gasteiger partial charge in [-0.1, -0.05) is 60.7 Å². The van der Waals surface area contributed by atoms with Crippen LogP contribution >= 0.6 is 12.4 Å². The number of hydrogen-bond donors (Lipinski definition) is 2. The summed E-state index contributed by atoms with van der Waals surface area (Å²) >= 11 is 0. The fourth-order valence-electron chi connectivity index (χ4n) is 5.49. The van der Waals surface area contributed by atoms with Gasteiger partial charge < -0.3 is 15.3 Å². The monoisotopic (exact) mass is 594 g/mol. The Morgan fingerprint density at radius 1 is 0.810 bits per heavy atom. The molecule has 2 N–H and O–H groups in total. The maximum absolute atomic E-state index is 13.1. The molecule has 1 aliphatic heterocycles. The molecular formula is C33H30ClF3N2O3. The molecular weight excluding hydrogens is 565 g/mol. The van der Waals surface area contributed by atoms with Crippen LogP contribution in [-0.2, 0) is 11.0 Å². The van der Waals surface area contributed by atoms with Crippen LogP contribution in [0.2, 0.25) is 0 Å². The highest BCUT2D eigenvalue weighted by Gasteiger charge is 2.33. The molecule has 1 atom stereocenters. The van der Waals surface area contributed by atoms with E-state index in [0.29, 0.717) is 22.4 Å². The average molecular weight is 595 g/mol. The lowest BCUT2D eigenvalue weighted by molar-refractivity contribution is -0.140. The Morgan fingerprint density at radius 3 is 2.00 bits per heavy atom. The van der Waals surface area contributed by atoms with Crippen molar-refractivity contribution in [3.05, 3.63) is 120 Å². The number of alkyl halides is 3. The fraction of sp³-hybridized carbons (Fsp3) is 0.212. The first-order valence-electron chi connectivity index (χ1n) is 13.4. The maximum atomic E-state index is 13.1. The molecule has 1 fully saturated rings. The van der Waals surface area contributed by atoms with Gasteiger partial charge >= 0.3 is 12.1 Å². The topological polar surface area (TPSA) is 69.6 Å².